The molecule has 2 aromatic rings. The van der Waals surface area contributed by atoms with Gasteiger partial charge in [0.15, 0.2) is 6.61 Å². The fourth-order valence-corrected chi connectivity index (χ4v) is 2.80. The molecule has 1 saturated carbocycles. The number of para-hydroxylation sites is 1. The molecule has 0 atom stereocenters. The van der Waals surface area contributed by atoms with Gasteiger partial charge in [-0.2, -0.15) is 0 Å². The first kappa shape index (κ1) is 16.1. The summed E-state index contributed by atoms with van der Waals surface area (Å²) < 4.78 is 5.67. The Balaban J connectivity index is 1.56. The molecule has 0 aliphatic heterocycles. The highest BCUT2D eigenvalue weighted by atomic mass is 16.5. The number of hydrogen-bond donors (Lipinski definition) is 2. The van der Waals surface area contributed by atoms with Crippen molar-refractivity contribution < 1.29 is 19.4 Å². The molecule has 0 aromatic heterocycles. The first-order valence-corrected chi connectivity index (χ1v) is 7.93. The minimum absolute atomic E-state index is 0.0634. The Bertz CT molecular complexity index is 723. The zero-order chi connectivity index (χ0) is 16.9. The van der Waals surface area contributed by atoms with Gasteiger partial charge in [0.25, 0.3) is 5.91 Å². The second kappa shape index (κ2) is 7.17. The Morgan fingerprint density at radius 1 is 1.04 bits per heavy atom. The monoisotopic (exact) mass is 325 g/mol. The first-order valence-electron chi connectivity index (χ1n) is 7.93. The van der Waals surface area contributed by atoms with Gasteiger partial charge in [0.2, 0.25) is 0 Å². The number of carbonyl (C=O) groups excluding carboxylic acids is 1. The number of rotatable bonds is 6. The first-order chi connectivity index (χ1) is 11.6. The lowest BCUT2D eigenvalue weighted by Gasteiger charge is -2.32. The molecule has 1 fully saturated rings. The predicted molar refractivity (Wildman–Crippen MR) is 89.7 cm³/mol. The molecule has 5 nitrogen and oxygen atoms in total. The number of benzene rings is 2. The summed E-state index contributed by atoms with van der Waals surface area (Å²) in [7, 11) is 0. The van der Waals surface area contributed by atoms with Crippen molar-refractivity contribution in [1.82, 2.24) is 5.32 Å². The number of carboxylic acids is 1. The van der Waals surface area contributed by atoms with Crippen LogP contribution in [0, 0.1) is 5.92 Å². The fraction of sp³-hybridized carbons (Fsp3) is 0.263. The molecule has 0 saturated heterocycles. The Morgan fingerprint density at radius 3 is 2.42 bits per heavy atom. The lowest BCUT2D eigenvalue weighted by molar-refractivity contribution is -0.146. The van der Waals surface area contributed by atoms with Crippen molar-refractivity contribution in [3.63, 3.8) is 0 Å². The van der Waals surface area contributed by atoms with Gasteiger partial charge >= 0.3 is 5.97 Å². The van der Waals surface area contributed by atoms with Crippen molar-refractivity contribution in [2.24, 2.45) is 5.92 Å². The third kappa shape index (κ3) is 3.74. The normalized spacial score (nSPS) is 19.2. The zero-order valence-electron chi connectivity index (χ0n) is 13.1. The van der Waals surface area contributed by atoms with Gasteiger partial charge in [-0.1, -0.05) is 48.5 Å². The van der Waals surface area contributed by atoms with E-state index in [-0.39, 0.29) is 24.5 Å². The van der Waals surface area contributed by atoms with E-state index >= 15 is 0 Å². The summed E-state index contributed by atoms with van der Waals surface area (Å²) in [5, 5.41) is 11.6. The topological polar surface area (TPSA) is 75.6 Å². The van der Waals surface area contributed by atoms with E-state index in [1.54, 1.807) is 0 Å². The maximum Gasteiger partial charge on any atom is 0.306 e. The summed E-state index contributed by atoms with van der Waals surface area (Å²) in [5.41, 5.74) is 1.96. The van der Waals surface area contributed by atoms with Crippen LogP contribution in [0.5, 0.6) is 5.75 Å². The molecule has 1 aliphatic carbocycles. The minimum Gasteiger partial charge on any atom is -0.483 e. The average Bonchev–Trinajstić information content (AvgIpc) is 2.56. The minimum atomic E-state index is -0.798. The molecule has 5 heteroatoms. The molecule has 1 aliphatic rings. The van der Waals surface area contributed by atoms with Gasteiger partial charge in [-0.3, -0.25) is 9.59 Å². The van der Waals surface area contributed by atoms with Gasteiger partial charge in [0.1, 0.15) is 5.75 Å². The lowest BCUT2D eigenvalue weighted by atomic mass is 9.80. The number of carbonyl (C=O) groups is 2. The van der Waals surface area contributed by atoms with Crippen LogP contribution in [0.3, 0.4) is 0 Å². The van der Waals surface area contributed by atoms with Gasteiger partial charge in [-0.15, -0.1) is 0 Å². The maximum absolute atomic E-state index is 12.0. The molecule has 0 radical (unpaired) electrons. The van der Waals surface area contributed by atoms with Crippen LogP contribution < -0.4 is 10.1 Å². The van der Waals surface area contributed by atoms with Crippen molar-refractivity contribution in [2.45, 2.75) is 18.9 Å². The third-order valence-electron chi connectivity index (χ3n) is 4.18. The number of hydrogen-bond acceptors (Lipinski definition) is 3. The van der Waals surface area contributed by atoms with Crippen molar-refractivity contribution in [1.29, 1.82) is 0 Å². The third-order valence-corrected chi connectivity index (χ3v) is 4.18. The van der Waals surface area contributed by atoms with Gasteiger partial charge in [0.05, 0.1) is 5.92 Å². The molecule has 2 aromatic carbocycles. The lowest BCUT2D eigenvalue weighted by Crippen LogP contribution is -2.48. The second-order valence-electron chi connectivity index (χ2n) is 5.92. The second-order valence-corrected chi connectivity index (χ2v) is 5.92. The molecular formula is C19H19NO4. The number of carboxylic acid groups (broad SMARTS) is 1. The molecule has 0 spiro atoms. The largest absolute Gasteiger partial charge is 0.483 e. The van der Waals surface area contributed by atoms with E-state index < -0.39 is 5.97 Å². The smallest absolute Gasteiger partial charge is 0.306 e. The number of aliphatic carboxylic acids is 1. The van der Waals surface area contributed by atoms with E-state index in [0.29, 0.717) is 18.6 Å². The number of amides is 1. The Hall–Kier alpha value is -2.82. The van der Waals surface area contributed by atoms with Gasteiger partial charge in [-0.05, 0) is 24.5 Å². The van der Waals surface area contributed by atoms with Crippen molar-refractivity contribution in [3.05, 3.63) is 54.6 Å². The summed E-state index contributed by atoms with van der Waals surface area (Å²) in [6, 6.07) is 17.3. The Kier molecular flexibility index (Phi) is 4.79. The number of nitrogens with one attached hydrogen (secondary N) is 1. The quantitative estimate of drug-likeness (QED) is 0.856. The van der Waals surface area contributed by atoms with Gasteiger partial charge in [0, 0.05) is 11.6 Å². The summed E-state index contributed by atoms with van der Waals surface area (Å²) in [6.45, 7) is -0.0852. The van der Waals surface area contributed by atoms with E-state index in [1.807, 2.05) is 54.6 Å². The van der Waals surface area contributed by atoms with Crippen molar-refractivity contribution in [3.8, 4) is 16.9 Å². The van der Waals surface area contributed by atoms with E-state index in [1.165, 1.54) is 0 Å². The SMILES string of the molecule is O=C(COc1ccccc1-c1ccccc1)NC1CC(C(=O)O)C1. The highest BCUT2D eigenvalue weighted by Gasteiger charge is 2.35. The Morgan fingerprint density at radius 2 is 1.71 bits per heavy atom. The van der Waals surface area contributed by atoms with Crippen LogP contribution in [-0.2, 0) is 9.59 Å². The van der Waals surface area contributed by atoms with Gasteiger partial charge in [-0.25, -0.2) is 0 Å². The maximum atomic E-state index is 12.0. The summed E-state index contributed by atoms with van der Waals surface area (Å²) >= 11 is 0. The molecule has 24 heavy (non-hydrogen) atoms. The van der Waals surface area contributed by atoms with E-state index in [2.05, 4.69) is 5.32 Å². The van der Waals surface area contributed by atoms with E-state index in [4.69, 9.17) is 9.84 Å². The molecule has 3 rings (SSSR count). The van der Waals surface area contributed by atoms with Gasteiger partial charge < -0.3 is 15.2 Å². The van der Waals surface area contributed by atoms with Crippen LogP contribution in [0.25, 0.3) is 11.1 Å². The highest BCUT2D eigenvalue weighted by Crippen LogP contribution is 2.30. The molecule has 0 heterocycles. The molecule has 2 N–H and O–H groups in total. The summed E-state index contributed by atoms with van der Waals surface area (Å²) in [6.07, 6.45) is 0.976. The fourth-order valence-electron chi connectivity index (χ4n) is 2.80. The van der Waals surface area contributed by atoms with Crippen LogP contribution >= 0.6 is 0 Å². The van der Waals surface area contributed by atoms with E-state index in [9.17, 15) is 9.59 Å². The van der Waals surface area contributed by atoms with Crippen LogP contribution in [0.2, 0.25) is 0 Å². The molecule has 0 unspecified atom stereocenters. The molecular weight excluding hydrogens is 306 g/mol. The summed E-state index contributed by atoms with van der Waals surface area (Å²) in [5.74, 6) is -0.717. The van der Waals surface area contributed by atoms with Crippen LogP contribution in [0.15, 0.2) is 54.6 Å². The highest BCUT2D eigenvalue weighted by molar-refractivity contribution is 5.79. The summed E-state index contributed by atoms with van der Waals surface area (Å²) in [4.78, 5) is 22.7. The average molecular weight is 325 g/mol. The standard InChI is InChI=1S/C19H19NO4/c21-18(20-15-10-14(11-15)19(22)23)12-24-17-9-5-4-8-16(17)13-6-2-1-3-7-13/h1-9,14-15H,10-12H2,(H,20,21)(H,22,23). The van der Waals surface area contributed by atoms with Crippen molar-refractivity contribution >= 4 is 11.9 Å². The zero-order valence-corrected chi connectivity index (χ0v) is 13.1. The molecule has 0 bridgehead atoms. The molecule has 1 amide bonds. The van der Waals surface area contributed by atoms with E-state index in [0.717, 1.165) is 11.1 Å². The predicted octanol–water partition coefficient (Wildman–Crippen LogP) is 2.71. The van der Waals surface area contributed by atoms with Crippen molar-refractivity contribution in [2.75, 3.05) is 6.61 Å². The van der Waals surface area contributed by atoms with Crippen LogP contribution in [-0.4, -0.2) is 29.6 Å². The van der Waals surface area contributed by atoms with Crippen LogP contribution in [0.1, 0.15) is 12.8 Å². The van der Waals surface area contributed by atoms with Crippen LogP contribution in [0.4, 0.5) is 0 Å². The Labute approximate surface area is 140 Å². The number of ether oxygens (including phenoxy) is 1. The molecule has 124 valence electrons.